The van der Waals surface area contributed by atoms with Crippen LogP contribution in [0.15, 0.2) is 77.7 Å². The minimum atomic E-state index is -4.42. The highest BCUT2D eigenvalue weighted by atomic mass is 32.2. The summed E-state index contributed by atoms with van der Waals surface area (Å²) in [5, 5.41) is 12.7. The highest BCUT2D eigenvalue weighted by Gasteiger charge is 2.32. The number of hydrogen-bond acceptors (Lipinski definition) is 6. The lowest BCUT2D eigenvalue weighted by molar-refractivity contribution is -0.137. The number of sulfone groups is 1. The number of nitrogens with zero attached hydrogens (tertiary/aromatic N) is 1. The smallest absolute Gasteiger partial charge is 0.394 e. The predicted octanol–water partition coefficient (Wildman–Crippen LogP) is 5.66. The zero-order valence-electron chi connectivity index (χ0n) is 23.6. The van der Waals surface area contributed by atoms with Crippen molar-refractivity contribution in [3.05, 3.63) is 95.1 Å². The van der Waals surface area contributed by atoms with Crippen LogP contribution in [0, 0.1) is 0 Å². The average molecular weight is 623 g/mol. The molecule has 232 valence electrons. The van der Waals surface area contributed by atoms with Crippen LogP contribution >= 0.6 is 0 Å². The van der Waals surface area contributed by atoms with Crippen LogP contribution in [-0.4, -0.2) is 57.8 Å². The van der Waals surface area contributed by atoms with Crippen LogP contribution in [0.5, 0.6) is 0 Å². The molecule has 1 aliphatic heterocycles. The fraction of sp³-hybridized carbons (Fsp3) is 0.387. The van der Waals surface area contributed by atoms with E-state index in [0.717, 1.165) is 23.4 Å². The molecule has 12 heteroatoms. The summed E-state index contributed by atoms with van der Waals surface area (Å²) < 4.78 is 81.1. The van der Waals surface area contributed by atoms with Gasteiger partial charge in [0.15, 0.2) is 16.7 Å². The van der Waals surface area contributed by atoms with E-state index in [1.165, 1.54) is 24.3 Å². The van der Waals surface area contributed by atoms with Crippen molar-refractivity contribution in [2.45, 2.75) is 48.8 Å². The Morgan fingerprint density at radius 2 is 1.67 bits per heavy atom. The Bertz CT molecular complexity index is 1460. The minimum Gasteiger partial charge on any atom is -0.394 e. The zero-order valence-corrected chi connectivity index (χ0v) is 24.4. The molecule has 3 atom stereocenters. The molecule has 1 aliphatic rings. The van der Waals surface area contributed by atoms with Crippen molar-refractivity contribution in [1.82, 2.24) is 5.32 Å². The first-order valence-electron chi connectivity index (χ1n) is 13.9. The molecule has 43 heavy (non-hydrogen) atoms. The summed E-state index contributed by atoms with van der Waals surface area (Å²) in [7, 11) is -3.38. The van der Waals surface area contributed by atoms with E-state index in [9.17, 15) is 35.9 Å². The van der Waals surface area contributed by atoms with E-state index in [0.29, 0.717) is 30.5 Å². The topological polar surface area (TPSA) is 95.9 Å². The van der Waals surface area contributed by atoms with E-state index in [-0.39, 0.29) is 29.2 Å². The molecule has 1 fully saturated rings. The molecule has 3 aromatic rings. The van der Waals surface area contributed by atoms with Crippen molar-refractivity contribution < 1.29 is 40.6 Å². The van der Waals surface area contributed by atoms with Gasteiger partial charge in [-0.1, -0.05) is 31.2 Å². The van der Waals surface area contributed by atoms with E-state index in [2.05, 4.69) is 5.32 Å². The molecule has 0 bridgehead atoms. The highest BCUT2D eigenvalue weighted by molar-refractivity contribution is 7.91. The number of benzene rings is 3. The SMILES string of the molecule is CCS(=O)(=O)c1ccc([C@H](CO)NC(=O)c2ccc(N3CC(c4ccc(C(F)(F)F)cc4)CC[C@H]3COCF)cc2)cc1. The van der Waals surface area contributed by atoms with Crippen molar-refractivity contribution in [3.8, 4) is 0 Å². The Morgan fingerprint density at radius 1 is 1.02 bits per heavy atom. The van der Waals surface area contributed by atoms with Gasteiger partial charge in [-0.2, -0.15) is 13.2 Å². The number of piperidine rings is 1. The Morgan fingerprint density at radius 3 is 2.23 bits per heavy atom. The number of rotatable bonds is 11. The molecule has 0 aromatic heterocycles. The van der Waals surface area contributed by atoms with Crippen LogP contribution in [0.25, 0.3) is 0 Å². The molecule has 4 rings (SSSR count). The first kappa shape index (κ1) is 32.4. The van der Waals surface area contributed by atoms with E-state index in [1.807, 2.05) is 4.90 Å². The van der Waals surface area contributed by atoms with Gasteiger partial charge < -0.3 is 20.1 Å². The normalized spacial score (nSPS) is 18.3. The monoisotopic (exact) mass is 622 g/mol. The van der Waals surface area contributed by atoms with Crippen molar-refractivity contribution in [1.29, 1.82) is 0 Å². The van der Waals surface area contributed by atoms with Crippen molar-refractivity contribution >= 4 is 21.4 Å². The fourth-order valence-corrected chi connectivity index (χ4v) is 6.15. The molecule has 1 unspecified atom stereocenters. The molecule has 1 amide bonds. The van der Waals surface area contributed by atoms with Crippen LogP contribution in [-0.2, 0) is 20.8 Å². The number of carbonyl (C=O) groups excluding carboxylic acids is 1. The minimum absolute atomic E-state index is 0.0424. The quantitative estimate of drug-likeness (QED) is 0.268. The number of alkyl halides is 4. The second-order valence-corrected chi connectivity index (χ2v) is 12.7. The van der Waals surface area contributed by atoms with Crippen molar-refractivity contribution in [2.24, 2.45) is 0 Å². The van der Waals surface area contributed by atoms with E-state index in [1.54, 1.807) is 43.3 Å². The summed E-state index contributed by atoms with van der Waals surface area (Å²) in [4.78, 5) is 15.2. The Balaban J connectivity index is 1.48. The third-order valence-electron chi connectivity index (χ3n) is 7.77. The molecule has 0 aliphatic carbocycles. The van der Waals surface area contributed by atoms with E-state index in [4.69, 9.17) is 4.74 Å². The molecule has 0 saturated carbocycles. The lowest BCUT2D eigenvalue weighted by Crippen LogP contribution is -2.45. The van der Waals surface area contributed by atoms with Crippen LogP contribution < -0.4 is 10.2 Å². The van der Waals surface area contributed by atoms with Crippen LogP contribution in [0.1, 0.15) is 58.8 Å². The molecule has 2 N–H and O–H groups in total. The molecular formula is C31H34F4N2O5S. The molecule has 3 aromatic carbocycles. The number of carbonyl (C=O) groups is 1. The molecule has 1 saturated heterocycles. The van der Waals surface area contributed by atoms with Crippen LogP contribution in [0.3, 0.4) is 0 Å². The number of ether oxygens (including phenoxy) is 1. The van der Waals surface area contributed by atoms with Gasteiger partial charge in [-0.05, 0) is 72.5 Å². The van der Waals surface area contributed by atoms with E-state index >= 15 is 0 Å². The lowest BCUT2D eigenvalue weighted by Gasteiger charge is -2.41. The number of anilines is 1. The predicted molar refractivity (Wildman–Crippen MR) is 154 cm³/mol. The second kappa shape index (κ2) is 13.9. The summed E-state index contributed by atoms with van der Waals surface area (Å²) in [6.07, 6.45) is -3.10. The van der Waals surface area contributed by atoms with Gasteiger partial charge in [-0.15, -0.1) is 0 Å². The molecule has 1 heterocycles. The van der Waals surface area contributed by atoms with Gasteiger partial charge in [0, 0.05) is 23.7 Å². The third-order valence-corrected chi connectivity index (χ3v) is 9.52. The number of aliphatic hydroxyl groups is 1. The summed E-state index contributed by atoms with van der Waals surface area (Å²) >= 11 is 0. The van der Waals surface area contributed by atoms with Crippen LogP contribution in [0.2, 0.25) is 0 Å². The average Bonchev–Trinajstić information content (AvgIpc) is 3.02. The largest absolute Gasteiger partial charge is 0.416 e. The van der Waals surface area contributed by atoms with Crippen molar-refractivity contribution in [2.75, 3.05) is 37.3 Å². The number of amides is 1. The molecular weight excluding hydrogens is 588 g/mol. The highest BCUT2D eigenvalue weighted by Crippen LogP contribution is 2.36. The summed E-state index contributed by atoms with van der Waals surface area (Å²) in [5.74, 6) is -0.551. The molecule has 0 radical (unpaired) electrons. The third kappa shape index (κ3) is 7.92. The van der Waals surface area contributed by atoms with Gasteiger partial charge in [0.25, 0.3) is 5.91 Å². The Labute approximate surface area is 248 Å². The lowest BCUT2D eigenvalue weighted by atomic mass is 9.86. The standard InChI is InChI=1S/C31H34F4N2O5S/c1-2-43(40,41)28-15-8-22(9-16-28)29(18-38)36-30(39)23-5-12-26(13-6-23)37-17-24(7-14-27(37)19-42-20-32)21-3-10-25(11-4-21)31(33,34)35/h3-6,8-13,15-16,24,27,29,38H,2,7,14,17-20H2,1H3,(H,36,39)/t24?,27-,29-/m0/s1. The number of nitrogens with one attached hydrogen (secondary N) is 1. The van der Waals surface area contributed by atoms with E-state index < -0.39 is 47.0 Å². The Hall–Kier alpha value is -3.48. The molecule has 7 nitrogen and oxygen atoms in total. The maximum atomic E-state index is 13.0. The first-order chi connectivity index (χ1) is 20.5. The number of aliphatic hydroxyl groups excluding tert-OH is 1. The maximum Gasteiger partial charge on any atom is 0.416 e. The first-order valence-corrected chi connectivity index (χ1v) is 15.5. The maximum absolute atomic E-state index is 13.0. The van der Waals surface area contributed by atoms with Gasteiger partial charge in [-0.25, -0.2) is 12.8 Å². The summed E-state index contributed by atoms with van der Waals surface area (Å²) in [6, 6.07) is 16.9. The van der Waals surface area contributed by atoms with Gasteiger partial charge in [0.1, 0.15) is 0 Å². The van der Waals surface area contributed by atoms with Gasteiger partial charge in [0.2, 0.25) is 0 Å². The van der Waals surface area contributed by atoms with Crippen molar-refractivity contribution in [3.63, 3.8) is 0 Å². The summed E-state index contributed by atoms with van der Waals surface area (Å²) in [5.41, 5.74) is 1.67. The molecule has 0 spiro atoms. The second-order valence-electron chi connectivity index (χ2n) is 10.4. The van der Waals surface area contributed by atoms with Crippen LogP contribution in [0.4, 0.5) is 23.2 Å². The summed E-state index contributed by atoms with van der Waals surface area (Å²) in [6.45, 7) is 0.808. The van der Waals surface area contributed by atoms with Gasteiger partial charge in [-0.3, -0.25) is 4.79 Å². The fourth-order valence-electron chi connectivity index (χ4n) is 5.27. The number of halogens is 4. The van der Waals surface area contributed by atoms with Gasteiger partial charge >= 0.3 is 6.18 Å². The Kier molecular flexibility index (Phi) is 10.5. The zero-order chi connectivity index (χ0) is 31.2. The van der Waals surface area contributed by atoms with Gasteiger partial charge in [0.05, 0.1) is 41.5 Å². The number of hydrogen-bond donors (Lipinski definition) is 2.